The van der Waals surface area contributed by atoms with E-state index >= 15 is 0 Å². The number of aromatic nitrogens is 1. The number of fused-ring (bicyclic) bond motifs is 3. The molecular weight excluding hydrogens is 346 g/mol. The van der Waals surface area contributed by atoms with E-state index < -0.39 is 0 Å². The number of rotatable bonds is 4. The molecule has 4 nitrogen and oxygen atoms in total. The molecular formula is C21H28ClN3O. The third-order valence-corrected chi connectivity index (χ3v) is 6.15. The molecule has 0 radical (unpaired) electrons. The molecule has 0 saturated carbocycles. The predicted molar refractivity (Wildman–Crippen MR) is 107 cm³/mol. The van der Waals surface area contributed by atoms with E-state index in [0.29, 0.717) is 6.42 Å². The Morgan fingerprint density at radius 3 is 2.92 bits per heavy atom. The Morgan fingerprint density at radius 1 is 1.31 bits per heavy atom. The van der Waals surface area contributed by atoms with Crippen molar-refractivity contribution in [2.45, 2.75) is 57.9 Å². The van der Waals surface area contributed by atoms with Crippen LogP contribution in [-0.2, 0) is 17.6 Å². The standard InChI is InChI=1S/C21H28ClN3O/c1-14-11-15(22)12-18-17-13-16(5-6-19(17)24-21(14)18)23-20(26)7-10-25-8-3-2-4-9-25/h11-12,16,24H,2-10,13H2,1H3,(H,23,26). The zero-order valence-corrected chi connectivity index (χ0v) is 16.3. The molecule has 0 spiro atoms. The second-order valence-corrected chi connectivity index (χ2v) is 8.32. The van der Waals surface area contributed by atoms with Crippen molar-refractivity contribution in [3.63, 3.8) is 0 Å². The van der Waals surface area contributed by atoms with E-state index in [9.17, 15) is 4.79 Å². The molecule has 2 N–H and O–H groups in total. The highest BCUT2D eigenvalue weighted by Gasteiger charge is 2.24. The predicted octanol–water partition coefficient (Wildman–Crippen LogP) is 3.98. The Balaban J connectivity index is 1.39. The molecule has 2 aromatic rings. The van der Waals surface area contributed by atoms with Gasteiger partial charge in [-0.1, -0.05) is 18.0 Å². The van der Waals surface area contributed by atoms with E-state index in [1.165, 1.54) is 47.0 Å². The number of halogens is 1. The molecule has 1 aliphatic heterocycles. The average molecular weight is 374 g/mol. The summed E-state index contributed by atoms with van der Waals surface area (Å²) in [7, 11) is 0. The monoisotopic (exact) mass is 373 g/mol. The van der Waals surface area contributed by atoms with E-state index in [4.69, 9.17) is 11.6 Å². The Kier molecular flexibility index (Phi) is 5.23. The van der Waals surface area contributed by atoms with Crippen LogP contribution in [0.25, 0.3) is 10.9 Å². The van der Waals surface area contributed by atoms with E-state index in [0.717, 1.165) is 43.9 Å². The van der Waals surface area contributed by atoms with Gasteiger partial charge in [0.05, 0.1) is 0 Å². The van der Waals surface area contributed by atoms with Gasteiger partial charge in [-0.25, -0.2) is 0 Å². The Bertz CT molecular complexity index is 807. The number of H-pyrrole nitrogens is 1. The van der Waals surface area contributed by atoms with Crippen LogP contribution < -0.4 is 5.32 Å². The second kappa shape index (κ2) is 7.61. The van der Waals surface area contributed by atoms with Gasteiger partial charge >= 0.3 is 0 Å². The number of amides is 1. The molecule has 0 bridgehead atoms. The normalized spacial score (nSPS) is 20.9. The number of hydrogen-bond acceptors (Lipinski definition) is 2. The summed E-state index contributed by atoms with van der Waals surface area (Å²) in [5, 5.41) is 5.27. The lowest BCUT2D eigenvalue weighted by Crippen LogP contribution is -2.40. The van der Waals surface area contributed by atoms with Crippen molar-refractivity contribution >= 4 is 28.4 Å². The molecule has 2 heterocycles. The third-order valence-electron chi connectivity index (χ3n) is 5.93. The van der Waals surface area contributed by atoms with Crippen LogP contribution in [0, 0.1) is 6.92 Å². The number of piperidine rings is 1. The first-order valence-electron chi connectivity index (χ1n) is 9.91. The first-order valence-corrected chi connectivity index (χ1v) is 10.3. The molecule has 4 rings (SSSR count). The van der Waals surface area contributed by atoms with Gasteiger partial charge in [-0.15, -0.1) is 0 Å². The summed E-state index contributed by atoms with van der Waals surface area (Å²) in [5.74, 6) is 0.193. The van der Waals surface area contributed by atoms with Crippen LogP contribution in [0.1, 0.15) is 48.9 Å². The van der Waals surface area contributed by atoms with Gasteiger partial charge < -0.3 is 15.2 Å². The molecule has 1 saturated heterocycles. The summed E-state index contributed by atoms with van der Waals surface area (Å²) in [6.07, 6.45) is 7.37. The van der Waals surface area contributed by atoms with Crippen molar-refractivity contribution in [1.29, 1.82) is 0 Å². The van der Waals surface area contributed by atoms with Crippen LogP contribution in [0.15, 0.2) is 12.1 Å². The smallest absolute Gasteiger partial charge is 0.221 e. The van der Waals surface area contributed by atoms with Crippen LogP contribution in [-0.4, -0.2) is 41.5 Å². The fourth-order valence-corrected chi connectivity index (χ4v) is 4.79. The lowest BCUT2D eigenvalue weighted by Gasteiger charge is -2.27. The number of benzene rings is 1. The highest BCUT2D eigenvalue weighted by atomic mass is 35.5. The van der Waals surface area contributed by atoms with Crippen molar-refractivity contribution in [2.75, 3.05) is 19.6 Å². The summed E-state index contributed by atoms with van der Waals surface area (Å²) in [6, 6.07) is 4.29. The maximum Gasteiger partial charge on any atom is 0.221 e. The minimum absolute atomic E-state index is 0.193. The Hall–Kier alpha value is -1.52. The number of aromatic amines is 1. The molecule has 1 atom stereocenters. The quantitative estimate of drug-likeness (QED) is 0.851. The molecule has 1 aromatic carbocycles. The fraction of sp³-hybridized carbons (Fsp3) is 0.571. The van der Waals surface area contributed by atoms with Gasteiger partial charge in [0.25, 0.3) is 0 Å². The minimum Gasteiger partial charge on any atom is -0.358 e. The van der Waals surface area contributed by atoms with E-state index in [1.807, 2.05) is 6.07 Å². The van der Waals surface area contributed by atoms with Gasteiger partial charge in [0.1, 0.15) is 0 Å². The van der Waals surface area contributed by atoms with Crippen molar-refractivity contribution in [3.05, 3.63) is 34.0 Å². The number of nitrogens with one attached hydrogen (secondary N) is 2. The van der Waals surface area contributed by atoms with Gasteiger partial charge in [-0.2, -0.15) is 0 Å². The largest absolute Gasteiger partial charge is 0.358 e. The first-order chi connectivity index (χ1) is 12.6. The summed E-state index contributed by atoms with van der Waals surface area (Å²) in [4.78, 5) is 18.4. The number of carbonyl (C=O) groups is 1. The Morgan fingerprint density at radius 2 is 2.12 bits per heavy atom. The third kappa shape index (κ3) is 3.77. The lowest BCUT2D eigenvalue weighted by atomic mass is 9.91. The van der Waals surface area contributed by atoms with Gasteiger partial charge in [0.2, 0.25) is 5.91 Å². The molecule has 26 heavy (non-hydrogen) atoms. The van der Waals surface area contributed by atoms with Crippen molar-refractivity contribution < 1.29 is 4.79 Å². The SMILES string of the molecule is Cc1cc(Cl)cc2c3c([nH]c12)CCC(NC(=O)CCN1CCCCC1)C3. The number of hydrogen-bond donors (Lipinski definition) is 2. The summed E-state index contributed by atoms with van der Waals surface area (Å²) >= 11 is 6.27. The topological polar surface area (TPSA) is 48.1 Å². The molecule has 1 aliphatic carbocycles. The lowest BCUT2D eigenvalue weighted by molar-refractivity contribution is -0.122. The molecule has 140 valence electrons. The number of likely N-dealkylation sites (tertiary alicyclic amines) is 1. The van der Waals surface area contributed by atoms with Gasteiger partial charge in [0, 0.05) is 40.6 Å². The van der Waals surface area contributed by atoms with Crippen LogP contribution in [0.2, 0.25) is 5.02 Å². The average Bonchev–Trinajstić information content (AvgIpc) is 2.99. The summed E-state index contributed by atoms with van der Waals surface area (Å²) in [5.41, 5.74) is 5.02. The number of carbonyl (C=O) groups excluding carboxylic acids is 1. The number of nitrogens with zero attached hydrogens (tertiary/aromatic N) is 1. The Labute approximate surface area is 160 Å². The summed E-state index contributed by atoms with van der Waals surface area (Å²) in [6.45, 7) is 5.28. The zero-order chi connectivity index (χ0) is 18.1. The molecule has 1 unspecified atom stereocenters. The molecule has 1 fully saturated rings. The highest BCUT2D eigenvalue weighted by molar-refractivity contribution is 6.31. The van der Waals surface area contributed by atoms with E-state index in [2.05, 4.69) is 28.2 Å². The number of aryl methyl sites for hydroxylation is 2. The van der Waals surface area contributed by atoms with Crippen LogP contribution in [0.3, 0.4) is 0 Å². The molecule has 1 amide bonds. The van der Waals surface area contributed by atoms with Gasteiger partial charge in [-0.05, 0) is 75.4 Å². The van der Waals surface area contributed by atoms with Crippen molar-refractivity contribution in [1.82, 2.24) is 15.2 Å². The zero-order valence-electron chi connectivity index (χ0n) is 15.5. The second-order valence-electron chi connectivity index (χ2n) is 7.89. The minimum atomic E-state index is 0.193. The van der Waals surface area contributed by atoms with Crippen molar-refractivity contribution in [2.24, 2.45) is 0 Å². The maximum absolute atomic E-state index is 12.4. The van der Waals surface area contributed by atoms with Crippen LogP contribution in [0.4, 0.5) is 0 Å². The maximum atomic E-state index is 12.4. The highest BCUT2D eigenvalue weighted by Crippen LogP contribution is 2.33. The molecule has 5 heteroatoms. The van der Waals surface area contributed by atoms with Crippen molar-refractivity contribution in [3.8, 4) is 0 Å². The van der Waals surface area contributed by atoms with Crippen LogP contribution >= 0.6 is 11.6 Å². The first kappa shape index (κ1) is 17.9. The fourth-order valence-electron chi connectivity index (χ4n) is 4.52. The molecule has 2 aliphatic rings. The van der Waals surface area contributed by atoms with E-state index in [-0.39, 0.29) is 11.9 Å². The molecule has 1 aromatic heterocycles. The van der Waals surface area contributed by atoms with Crippen LogP contribution in [0.5, 0.6) is 0 Å². The van der Waals surface area contributed by atoms with E-state index in [1.54, 1.807) is 0 Å². The van der Waals surface area contributed by atoms with Gasteiger partial charge in [0.15, 0.2) is 0 Å². The van der Waals surface area contributed by atoms with Gasteiger partial charge in [-0.3, -0.25) is 4.79 Å². The summed E-state index contributed by atoms with van der Waals surface area (Å²) < 4.78 is 0.